The largest absolute Gasteiger partial charge is 0.381 e. The monoisotopic (exact) mass is 318 g/mol. The molecule has 96 valence electrons. The molecular formula is C14H20BrClO. The van der Waals surface area contributed by atoms with Gasteiger partial charge in [0.1, 0.15) is 0 Å². The zero-order valence-corrected chi connectivity index (χ0v) is 12.6. The number of rotatable bonds is 8. The summed E-state index contributed by atoms with van der Waals surface area (Å²) < 4.78 is 5.53. The van der Waals surface area contributed by atoms with Crippen molar-refractivity contribution in [3.8, 4) is 0 Å². The fourth-order valence-corrected chi connectivity index (χ4v) is 2.47. The molecule has 0 aliphatic carbocycles. The molecule has 0 aromatic heterocycles. The second-order valence-corrected chi connectivity index (χ2v) is 5.27. The Labute approximate surface area is 118 Å². The molecule has 1 rings (SSSR count). The van der Waals surface area contributed by atoms with Gasteiger partial charge in [-0.15, -0.1) is 0 Å². The molecule has 1 aromatic rings. The van der Waals surface area contributed by atoms with Crippen LogP contribution in [0.2, 0.25) is 5.02 Å². The van der Waals surface area contributed by atoms with Crippen LogP contribution < -0.4 is 0 Å². The van der Waals surface area contributed by atoms with Crippen molar-refractivity contribution in [3.05, 3.63) is 34.9 Å². The maximum absolute atomic E-state index is 6.16. The molecule has 0 bridgehead atoms. The predicted octanol–water partition coefficient (Wildman–Crippen LogP) is 4.71. The molecule has 1 nitrogen and oxygen atoms in total. The van der Waals surface area contributed by atoms with Crippen molar-refractivity contribution in [2.75, 3.05) is 18.5 Å². The molecule has 1 aromatic carbocycles. The first-order valence-corrected chi connectivity index (χ1v) is 7.65. The number of ether oxygens (including phenoxy) is 1. The van der Waals surface area contributed by atoms with Crippen LogP contribution in [0.15, 0.2) is 24.3 Å². The number of hydrogen-bond donors (Lipinski definition) is 0. The van der Waals surface area contributed by atoms with Crippen LogP contribution in [0.3, 0.4) is 0 Å². The van der Waals surface area contributed by atoms with Crippen LogP contribution >= 0.6 is 27.5 Å². The van der Waals surface area contributed by atoms with Gasteiger partial charge in [-0.2, -0.15) is 0 Å². The second kappa shape index (κ2) is 8.96. The number of hydrogen-bond acceptors (Lipinski definition) is 1. The highest BCUT2D eigenvalue weighted by Gasteiger charge is 2.10. The van der Waals surface area contributed by atoms with Crippen molar-refractivity contribution in [1.82, 2.24) is 0 Å². The third-order valence-corrected chi connectivity index (χ3v) is 3.99. The van der Waals surface area contributed by atoms with Crippen molar-refractivity contribution in [1.29, 1.82) is 0 Å². The predicted molar refractivity (Wildman–Crippen MR) is 78.2 cm³/mol. The summed E-state index contributed by atoms with van der Waals surface area (Å²) in [6, 6.07) is 8.07. The molecule has 17 heavy (non-hydrogen) atoms. The van der Waals surface area contributed by atoms with Gasteiger partial charge in [-0.25, -0.2) is 0 Å². The Morgan fingerprint density at radius 3 is 2.71 bits per heavy atom. The zero-order chi connectivity index (χ0) is 12.5. The van der Waals surface area contributed by atoms with Crippen LogP contribution in [-0.2, 0) is 11.2 Å². The van der Waals surface area contributed by atoms with Gasteiger partial charge >= 0.3 is 0 Å². The average Bonchev–Trinajstić information content (AvgIpc) is 2.35. The van der Waals surface area contributed by atoms with E-state index in [0.717, 1.165) is 42.8 Å². The summed E-state index contributed by atoms with van der Waals surface area (Å²) in [5.74, 6) is 0.590. The molecule has 0 spiro atoms. The van der Waals surface area contributed by atoms with E-state index in [4.69, 9.17) is 16.3 Å². The van der Waals surface area contributed by atoms with E-state index >= 15 is 0 Å². The summed E-state index contributed by atoms with van der Waals surface area (Å²) in [5, 5.41) is 1.86. The van der Waals surface area contributed by atoms with Gasteiger partial charge in [-0.1, -0.05) is 52.7 Å². The van der Waals surface area contributed by atoms with Crippen molar-refractivity contribution in [2.24, 2.45) is 5.92 Å². The Bertz CT molecular complexity index is 317. The normalized spacial score (nSPS) is 12.6. The van der Waals surface area contributed by atoms with E-state index in [1.165, 1.54) is 5.56 Å². The smallest absolute Gasteiger partial charge is 0.0469 e. The summed E-state index contributed by atoms with van der Waals surface area (Å²) in [5.41, 5.74) is 1.23. The van der Waals surface area contributed by atoms with Crippen molar-refractivity contribution >= 4 is 27.5 Å². The first-order valence-electron chi connectivity index (χ1n) is 6.15. The summed E-state index contributed by atoms with van der Waals surface area (Å²) in [7, 11) is 0. The SMILES string of the molecule is CCCOCCC(CBr)Cc1ccccc1Cl. The minimum absolute atomic E-state index is 0.590. The Balaban J connectivity index is 2.38. The highest BCUT2D eigenvalue weighted by Crippen LogP contribution is 2.21. The maximum Gasteiger partial charge on any atom is 0.0469 e. The molecule has 0 N–H and O–H groups in total. The lowest BCUT2D eigenvalue weighted by atomic mass is 9.98. The Kier molecular flexibility index (Phi) is 7.91. The van der Waals surface area contributed by atoms with E-state index in [0.29, 0.717) is 5.92 Å². The first kappa shape index (κ1) is 15.0. The summed E-state index contributed by atoms with van der Waals surface area (Å²) >= 11 is 9.73. The van der Waals surface area contributed by atoms with Crippen LogP contribution in [0, 0.1) is 5.92 Å². The Morgan fingerprint density at radius 1 is 1.29 bits per heavy atom. The molecule has 1 atom stereocenters. The highest BCUT2D eigenvalue weighted by atomic mass is 79.9. The lowest BCUT2D eigenvalue weighted by Crippen LogP contribution is -2.10. The minimum atomic E-state index is 0.590. The number of alkyl halides is 1. The van der Waals surface area contributed by atoms with Gasteiger partial charge in [0, 0.05) is 23.6 Å². The summed E-state index contributed by atoms with van der Waals surface area (Å²) in [6.45, 7) is 3.83. The molecule has 0 aliphatic rings. The van der Waals surface area contributed by atoms with Gasteiger partial charge in [0.15, 0.2) is 0 Å². The molecule has 0 radical (unpaired) electrons. The molecular weight excluding hydrogens is 300 g/mol. The van der Waals surface area contributed by atoms with E-state index in [2.05, 4.69) is 28.9 Å². The fraction of sp³-hybridized carbons (Fsp3) is 0.571. The van der Waals surface area contributed by atoms with Gasteiger partial charge in [0.25, 0.3) is 0 Å². The van der Waals surface area contributed by atoms with Gasteiger partial charge < -0.3 is 4.74 Å². The molecule has 0 amide bonds. The van der Waals surface area contributed by atoms with E-state index < -0.39 is 0 Å². The van der Waals surface area contributed by atoms with E-state index in [9.17, 15) is 0 Å². The van der Waals surface area contributed by atoms with Gasteiger partial charge in [0.05, 0.1) is 0 Å². The highest BCUT2D eigenvalue weighted by molar-refractivity contribution is 9.09. The van der Waals surface area contributed by atoms with Gasteiger partial charge in [-0.05, 0) is 36.8 Å². The number of benzene rings is 1. The van der Waals surface area contributed by atoms with E-state index in [1.54, 1.807) is 0 Å². The molecule has 0 aliphatic heterocycles. The minimum Gasteiger partial charge on any atom is -0.381 e. The second-order valence-electron chi connectivity index (χ2n) is 4.22. The number of halogens is 2. The van der Waals surface area contributed by atoms with Gasteiger partial charge in [-0.3, -0.25) is 0 Å². The van der Waals surface area contributed by atoms with Crippen LogP contribution in [0.1, 0.15) is 25.3 Å². The zero-order valence-electron chi connectivity index (χ0n) is 10.3. The van der Waals surface area contributed by atoms with Crippen LogP contribution in [0.25, 0.3) is 0 Å². The maximum atomic E-state index is 6.16. The third-order valence-electron chi connectivity index (χ3n) is 2.70. The molecule has 3 heteroatoms. The Hall–Kier alpha value is -0.0500. The lowest BCUT2D eigenvalue weighted by molar-refractivity contribution is 0.123. The van der Waals surface area contributed by atoms with E-state index in [1.807, 2.05) is 18.2 Å². The average molecular weight is 320 g/mol. The van der Waals surface area contributed by atoms with Crippen molar-refractivity contribution < 1.29 is 4.74 Å². The van der Waals surface area contributed by atoms with Crippen LogP contribution in [0.4, 0.5) is 0 Å². The van der Waals surface area contributed by atoms with Crippen LogP contribution in [-0.4, -0.2) is 18.5 Å². The lowest BCUT2D eigenvalue weighted by Gasteiger charge is -2.15. The third kappa shape index (κ3) is 5.89. The Morgan fingerprint density at radius 2 is 2.06 bits per heavy atom. The van der Waals surface area contributed by atoms with Crippen LogP contribution in [0.5, 0.6) is 0 Å². The van der Waals surface area contributed by atoms with Crippen molar-refractivity contribution in [3.63, 3.8) is 0 Å². The fourth-order valence-electron chi connectivity index (χ4n) is 1.71. The topological polar surface area (TPSA) is 9.23 Å². The molecule has 0 heterocycles. The van der Waals surface area contributed by atoms with E-state index in [-0.39, 0.29) is 0 Å². The summed E-state index contributed by atoms with van der Waals surface area (Å²) in [4.78, 5) is 0. The molecule has 1 unspecified atom stereocenters. The molecule has 0 saturated heterocycles. The quantitative estimate of drug-likeness (QED) is 0.498. The molecule has 0 fully saturated rings. The van der Waals surface area contributed by atoms with Crippen molar-refractivity contribution in [2.45, 2.75) is 26.2 Å². The van der Waals surface area contributed by atoms with Gasteiger partial charge in [0.2, 0.25) is 0 Å². The molecule has 0 saturated carbocycles. The first-order chi connectivity index (χ1) is 8.27. The standard InChI is InChI=1S/C14H20BrClO/c1-2-8-17-9-7-12(11-15)10-13-5-3-4-6-14(13)16/h3-6,12H,2,7-11H2,1H3. The summed E-state index contributed by atoms with van der Waals surface area (Å²) in [6.07, 6.45) is 3.18.